The first-order valence-electron chi connectivity index (χ1n) is 9.09. The minimum Gasteiger partial charge on any atom is -0.340 e. The Balaban J connectivity index is 1.63. The van der Waals surface area contributed by atoms with Gasteiger partial charge in [0.2, 0.25) is 0 Å². The van der Waals surface area contributed by atoms with Gasteiger partial charge in [-0.1, -0.05) is 35.4 Å². The van der Waals surface area contributed by atoms with Gasteiger partial charge >= 0.3 is 0 Å². The van der Waals surface area contributed by atoms with Crippen molar-refractivity contribution in [1.29, 1.82) is 0 Å². The topological polar surface area (TPSA) is 62.7 Å². The highest BCUT2D eigenvalue weighted by Crippen LogP contribution is 2.28. The van der Waals surface area contributed by atoms with Crippen LogP contribution in [0.25, 0.3) is 22.3 Å². The van der Waals surface area contributed by atoms with Crippen LogP contribution < -0.4 is 5.32 Å². The van der Waals surface area contributed by atoms with Crippen molar-refractivity contribution in [2.75, 3.05) is 5.32 Å². The van der Waals surface area contributed by atoms with E-state index in [4.69, 9.17) is 0 Å². The summed E-state index contributed by atoms with van der Waals surface area (Å²) in [6.07, 6.45) is 0. The number of H-pyrrole nitrogens is 1. The molecule has 0 unspecified atom stereocenters. The van der Waals surface area contributed by atoms with Gasteiger partial charge in [-0.3, -0.25) is 9.89 Å². The second-order valence-electron chi connectivity index (χ2n) is 6.83. The smallest absolute Gasteiger partial charge is 0.256 e. The van der Waals surface area contributed by atoms with Crippen molar-refractivity contribution in [3.8, 4) is 11.4 Å². The summed E-state index contributed by atoms with van der Waals surface area (Å²) in [5.41, 5.74) is 5.89. The van der Waals surface area contributed by atoms with Crippen molar-refractivity contribution in [1.82, 2.24) is 14.8 Å². The summed E-state index contributed by atoms with van der Waals surface area (Å²) in [5.74, 6) is 0.359. The number of amides is 1. The zero-order valence-corrected chi connectivity index (χ0v) is 15.7. The number of hydrogen-bond donors (Lipinski definition) is 2. The van der Waals surface area contributed by atoms with Crippen molar-refractivity contribution in [3.05, 3.63) is 71.3 Å². The first-order chi connectivity index (χ1) is 13.0. The molecule has 2 aromatic heterocycles. The van der Waals surface area contributed by atoms with E-state index >= 15 is 0 Å². The number of anilines is 1. The van der Waals surface area contributed by atoms with Crippen molar-refractivity contribution < 1.29 is 4.79 Å². The summed E-state index contributed by atoms with van der Waals surface area (Å²) in [7, 11) is 0. The molecule has 0 fully saturated rings. The van der Waals surface area contributed by atoms with Crippen LogP contribution in [0.5, 0.6) is 0 Å². The predicted molar refractivity (Wildman–Crippen MR) is 109 cm³/mol. The monoisotopic (exact) mass is 358 g/mol. The molecule has 5 heteroatoms. The zero-order valence-electron chi connectivity index (χ0n) is 15.7. The fraction of sp³-hybridized carbons (Fsp3) is 0.182. The molecule has 4 rings (SSSR count). The van der Waals surface area contributed by atoms with Crippen LogP contribution in [0.3, 0.4) is 0 Å². The Morgan fingerprint density at radius 1 is 1.07 bits per heavy atom. The number of rotatable bonds is 4. The van der Waals surface area contributed by atoms with Crippen LogP contribution in [0.1, 0.15) is 28.4 Å². The number of aromatic nitrogens is 3. The summed E-state index contributed by atoms with van der Waals surface area (Å²) in [6.45, 7) is 6.95. The fourth-order valence-corrected chi connectivity index (χ4v) is 3.59. The van der Waals surface area contributed by atoms with Gasteiger partial charge in [0.25, 0.3) is 5.91 Å². The van der Waals surface area contributed by atoms with Crippen molar-refractivity contribution >= 4 is 22.6 Å². The number of aromatic amines is 1. The summed E-state index contributed by atoms with van der Waals surface area (Å²) in [4.78, 5) is 12.6. The molecule has 4 aromatic rings. The van der Waals surface area contributed by atoms with E-state index in [1.807, 2.05) is 50.2 Å². The minimum absolute atomic E-state index is 0.157. The molecule has 2 N–H and O–H groups in total. The Bertz CT molecular complexity index is 1120. The Kier molecular flexibility index (Phi) is 4.28. The maximum atomic E-state index is 12.6. The summed E-state index contributed by atoms with van der Waals surface area (Å²) in [5, 5.41) is 11.4. The molecule has 0 spiro atoms. The van der Waals surface area contributed by atoms with Gasteiger partial charge in [0.15, 0.2) is 5.82 Å². The lowest BCUT2D eigenvalue weighted by atomic mass is 10.1. The lowest BCUT2D eigenvalue weighted by Crippen LogP contribution is -2.12. The number of aryl methyl sites for hydroxylation is 3. The van der Waals surface area contributed by atoms with Crippen LogP contribution in [-0.4, -0.2) is 20.7 Å². The molecule has 0 aliphatic heterocycles. The lowest BCUT2D eigenvalue weighted by molar-refractivity contribution is 0.102. The standard InChI is InChI=1S/C22H22N4O/c1-4-26-19-8-6-5-7-16(19)12-20(26)18-13-21(25-24-18)23-22(27)17-10-14(2)9-15(3)11-17/h5-13H,4H2,1-3H3,(H2,23,24,25,27). The van der Waals surface area contributed by atoms with E-state index in [1.165, 1.54) is 10.9 Å². The molecule has 0 saturated heterocycles. The molecule has 2 aromatic carbocycles. The van der Waals surface area contributed by atoms with Crippen LogP contribution in [0.4, 0.5) is 5.82 Å². The van der Waals surface area contributed by atoms with E-state index in [2.05, 4.69) is 45.2 Å². The molecular weight excluding hydrogens is 336 g/mol. The average molecular weight is 358 g/mol. The molecule has 0 atom stereocenters. The molecule has 2 heterocycles. The summed E-state index contributed by atoms with van der Waals surface area (Å²) in [6, 6.07) is 18.1. The van der Waals surface area contributed by atoms with E-state index in [-0.39, 0.29) is 5.91 Å². The number of carbonyl (C=O) groups excluding carboxylic acids is 1. The maximum Gasteiger partial charge on any atom is 0.256 e. The van der Waals surface area contributed by atoms with Crippen LogP contribution in [0, 0.1) is 13.8 Å². The number of carbonyl (C=O) groups is 1. The Morgan fingerprint density at radius 3 is 2.56 bits per heavy atom. The van der Waals surface area contributed by atoms with E-state index < -0.39 is 0 Å². The third-order valence-electron chi connectivity index (χ3n) is 4.71. The Hall–Kier alpha value is -3.34. The van der Waals surface area contributed by atoms with E-state index in [1.54, 1.807) is 0 Å². The van der Waals surface area contributed by atoms with Gasteiger partial charge in [-0.25, -0.2) is 0 Å². The van der Waals surface area contributed by atoms with Crippen molar-refractivity contribution in [3.63, 3.8) is 0 Å². The van der Waals surface area contributed by atoms with Gasteiger partial charge in [-0.15, -0.1) is 0 Å². The molecule has 0 aliphatic carbocycles. The number of benzene rings is 2. The van der Waals surface area contributed by atoms with E-state index in [0.717, 1.165) is 29.1 Å². The number of nitrogens with one attached hydrogen (secondary N) is 2. The second kappa shape index (κ2) is 6.76. The largest absolute Gasteiger partial charge is 0.340 e. The third kappa shape index (κ3) is 3.24. The SMILES string of the molecule is CCn1c(-c2cc(NC(=O)c3cc(C)cc(C)c3)n[nH]2)cc2ccccc21. The van der Waals surface area contributed by atoms with Gasteiger partial charge < -0.3 is 9.88 Å². The van der Waals surface area contributed by atoms with Crippen LogP contribution in [0.2, 0.25) is 0 Å². The maximum absolute atomic E-state index is 12.6. The molecular formula is C22H22N4O. The highest BCUT2D eigenvalue weighted by Gasteiger charge is 2.14. The molecule has 27 heavy (non-hydrogen) atoms. The molecule has 136 valence electrons. The Labute approximate surface area is 158 Å². The second-order valence-corrected chi connectivity index (χ2v) is 6.83. The summed E-state index contributed by atoms with van der Waals surface area (Å²) < 4.78 is 2.23. The predicted octanol–water partition coefficient (Wildman–Crippen LogP) is 4.92. The van der Waals surface area contributed by atoms with Gasteiger partial charge in [0, 0.05) is 29.1 Å². The number of nitrogens with zero attached hydrogens (tertiary/aromatic N) is 2. The fourth-order valence-electron chi connectivity index (χ4n) is 3.59. The van der Waals surface area contributed by atoms with Gasteiger partial charge in [0.1, 0.15) is 0 Å². The minimum atomic E-state index is -0.157. The zero-order chi connectivity index (χ0) is 19.0. The quantitative estimate of drug-likeness (QED) is 0.544. The molecule has 0 bridgehead atoms. The van der Waals surface area contributed by atoms with Gasteiger partial charge in [0.05, 0.1) is 11.4 Å². The van der Waals surface area contributed by atoms with Crippen LogP contribution in [-0.2, 0) is 6.54 Å². The van der Waals surface area contributed by atoms with Crippen molar-refractivity contribution in [2.24, 2.45) is 0 Å². The normalized spacial score (nSPS) is 11.1. The van der Waals surface area contributed by atoms with Gasteiger partial charge in [-0.2, -0.15) is 5.10 Å². The van der Waals surface area contributed by atoms with Crippen LogP contribution >= 0.6 is 0 Å². The number of fused-ring (bicyclic) bond motifs is 1. The molecule has 0 aliphatic rings. The highest BCUT2D eigenvalue weighted by molar-refractivity contribution is 6.04. The van der Waals surface area contributed by atoms with Gasteiger partial charge in [-0.05, 0) is 45.0 Å². The molecule has 0 saturated carbocycles. The Morgan fingerprint density at radius 2 is 1.81 bits per heavy atom. The lowest BCUT2D eigenvalue weighted by Gasteiger charge is -2.06. The van der Waals surface area contributed by atoms with E-state index in [9.17, 15) is 4.79 Å². The molecule has 5 nitrogen and oxygen atoms in total. The average Bonchev–Trinajstić information content (AvgIpc) is 3.24. The van der Waals surface area contributed by atoms with E-state index in [0.29, 0.717) is 11.4 Å². The first kappa shape index (κ1) is 17.1. The summed E-state index contributed by atoms with van der Waals surface area (Å²) >= 11 is 0. The first-order valence-corrected chi connectivity index (χ1v) is 9.09. The van der Waals surface area contributed by atoms with Crippen LogP contribution in [0.15, 0.2) is 54.6 Å². The third-order valence-corrected chi connectivity index (χ3v) is 4.71. The highest BCUT2D eigenvalue weighted by atomic mass is 16.1. The van der Waals surface area contributed by atoms with Crippen molar-refractivity contribution in [2.45, 2.75) is 27.3 Å². The molecule has 1 amide bonds. The molecule has 0 radical (unpaired) electrons. The number of hydrogen-bond acceptors (Lipinski definition) is 2. The number of para-hydroxylation sites is 1.